The van der Waals surface area contributed by atoms with Crippen LogP contribution in [0.5, 0.6) is 11.5 Å². The number of aromatic nitrogens is 1. The number of nitrogens with zero attached hydrogens (tertiary/aromatic N) is 2. The molecule has 0 saturated carbocycles. The number of hydrogen-bond acceptors (Lipinski definition) is 7. The molecular formula is C26H19FN2O5S. The van der Waals surface area contributed by atoms with Gasteiger partial charge in [-0.3, -0.25) is 14.5 Å². The number of amides is 1. The lowest BCUT2D eigenvalue weighted by molar-refractivity contribution is -0.132. The van der Waals surface area contributed by atoms with Gasteiger partial charge in [0.15, 0.2) is 5.13 Å². The molecule has 1 amide bonds. The SMILES string of the molecule is COc1ccc(C(O)=C2C(=O)C(=O)N(c3nc4ccc(F)cc4s3)[C@@H]2c2cccc(OC)c2)cc1. The Kier molecular flexibility index (Phi) is 5.70. The molecule has 1 aliphatic heterocycles. The molecule has 1 atom stereocenters. The number of hydrogen-bond donors (Lipinski definition) is 1. The van der Waals surface area contributed by atoms with E-state index >= 15 is 0 Å². The van der Waals surface area contributed by atoms with Crippen LogP contribution in [-0.4, -0.2) is 36.0 Å². The first-order valence-corrected chi connectivity index (χ1v) is 11.4. The monoisotopic (exact) mass is 490 g/mol. The van der Waals surface area contributed by atoms with Crippen LogP contribution in [0.25, 0.3) is 16.0 Å². The molecule has 1 fully saturated rings. The highest BCUT2D eigenvalue weighted by Gasteiger charge is 2.48. The van der Waals surface area contributed by atoms with Crippen LogP contribution in [0.3, 0.4) is 0 Å². The third-order valence-corrected chi connectivity index (χ3v) is 6.78. The summed E-state index contributed by atoms with van der Waals surface area (Å²) in [5, 5.41) is 11.4. The Morgan fingerprint density at radius 2 is 1.74 bits per heavy atom. The van der Waals surface area contributed by atoms with E-state index in [0.717, 1.165) is 11.3 Å². The summed E-state index contributed by atoms with van der Waals surface area (Å²) in [5.41, 5.74) is 1.30. The fraction of sp³-hybridized carbons (Fsp3) is 0.115. The number of ether oxygens (including phenoxy) is 2. The van der Waals surface area contributed by atoms with E-state index in [2.05, 4.69) is 4.98 Å². The van der Waals surface area contributed by atoms with Crippen LogP contribution in [0.2, 0.25) is 0 Å². The van der Waals surface area contributed by atoms with Gasteiger partial charge in [-0.05, 0) is 60.2 Å². The van der Waals surface area contributed by atoms with Crippen molar-refractivity contribution < 1.29 is 28.6 Å². The highest BCUT2D eigenvalue weighted by Crippen LogP contribution is 2.45. The van der Waals surface area contributed by atoms with Crippen LogP contribution in [0.1, 0.15) is 17.2 Å². The van der Waals surface area contributed by atoms with Crippen molar-refractivity contribution in [2.24, 2.45) is 0 Å². The molecule has 0 aliphatic carbocycles. The number of Topliss-reactive ketones (excluding diaryl/α,β-unsaturated/α-hetero) is 1. The van der Waals surface area contributed by atoms with Gasteiger partial charge in [0.25, 0.3) is 5.78 Å². The average Bonchev–Trinajstić information content (AvgIpc) is 3.41. The van der Waals surface area contributed by atoms with Crippen molar-refractivity contribution in [2.45, 2.75) is 6.04 Å². The maximum atomic E-state index is 13.8. The molecule has 1 aromatic heterocycles. The first kappa shape index (κ1) is 22.5. The summed E-state index contributed by atoms with van der Waals surface area (Å²) in [6, 6.07) is 16.5. The molecule has 9 heteroatoms. The topological polar surface area (TPSA) is 89.0 Å². The molecule has 1 N–H and O–H groups in total. The summed E-state index contributed by atoms with van der Waals surface area (Å²) in [7, 11) is 3.03. The number of carbonyl (C=O) groups is 2. The number of aliphatic hydroxyl groups is 1. The van der Waals surface area contributed by atoms with Crippen LogP contribution in [-0.2, 0) is 9.59 Å². The Bertz CT molecular complexity index is 1500. The highest BCUT2D eigenvalue weighted by atomic mass is 32.1. The van der Waals surface area contributed by atoms with E-state index in [4.69, 9.17) is 9.47 Å². The van der Waals surface area contributed by atoms with Gasteiger partial charge < -0.3 is 14.6 Å². The second-order valence-corrected chi connectivity index (χ2v) is 8.79. The number of methoxy groups -OCH3 is 2. The number of benzene rings is 3. The second-order valence-electron chi connectivity index (χ2n) is 7.78. The third-order valence-electron chi connectivity index (χ3n) is 5.76. The Balaban J connectivity index is 1.72. The Hall–Kier alpha value is -4.24. The van der Waals surface area contributed by atoms with Gasteiger partial charge in [0.1, 0.15) is 23.1 Å². The molecule has 1 saturated heterocycles. The molecule has 35 heavy (non-hydrogen) atoms. The smallest absolute Gasteiger partial charge is 0.301 e. The van der Waals surface area contributed by atoms with Gasteiger partial charge in [-0.25, -0.2) is 9.37 Å². The van der Waals surface area contributed by atoms with Crippen molar-refractivity contribution in [1.82, 2.24) is 4.98 Å². The second kappa shape index (κ2) is 8.84. The maximum Gasteiger partial charge on any atom is 0.301 e. The predicted molar refractivity (Wildman–Crippen MR) is 130 cm³/mol. The van der Waals surface area contributed by atoms with Crippen molar-refractivity contribution in [2.75, 3.05) is 19.1 Å². The van der Waals surface area contributed by atoms with Crippen molar-refractivity contribution in [3.05, 3.63) is 89.2 Å². The van der Waals surface area contributed by atoms with Gasteiger partial charge in [-0.15, -0.1) is 0 Å². The number of thiazole rings is 1. The van der Waals surface area contributed by atoms with Crippen LogP contribution >= 0.6 is 11.3 Å². The number of ketones is 1. The largest absolute Gasteiger partial charge is 0.507 e. The van der Waals surface area contributed by atoms with Gasteiger partial charge in [0.2, 0.25) is 0 Å². The van der Waals surface area contributed by atoms with Gasteiger partial charge in [0.05, 0.1) is 36.1 Å². The summed E-state index contributed by atoms with van der Waals surface area (Å²) < 4.78 is 24.8. The molecule has 0 spiro atoms. The van der Waals surface area contributed by atoms with Crippen LogP contribution in [0.15, 0.2) is 72.3 Å². The zero-order valence-corrected chi connectivity index (χ0v) is 19.5. The van der Waals surface area contributed by atoms with Gasteiger partial charge >= 0.3 is 5.91 Å². The zero-order chi connectivity index (χ0) is 24.7. The van der Waals surface area contributed by atoms with E-state index in [9.17, 15) is 19.1 Å². The van der Waals surface area contributed by atoms with Crippen molar-refractivity contribution in [3.63, 3.8) is 0 Å². The van der Waals surface area contributed by atoms with Gasteiger partial charge in [0, 0.05) is 5.56 Å². The lowest BCUT2D eigenvalue weighted by Crippen LogP contribution is -2.29. The van der Waals surface area contributed by atoms with Crippen LogP contribution in [0.4, 0.5) is 9.52 Å². The summed E-state index contributed by atoms with van der Waals surface area (Å²) in [6.45, 7) is 0. The number of carbonyl (C=O) groups excluding carboxylic acids is 2. The fourth-order valence-electron chi connectivity index (χ4n) is 4.05. The van der Waals surface area contributed by atoms with E-state index in [1.165, 1.54) is 37.3 Å². The first-order valence-electron chi connectivity index (χ1n) is 10.6. The zero-order valence-electron chi connectivity index (χ0n) is 18.7. The minimum Gasteiger partial charge on any atom is -0.507 e. The fourth-order valence-corrected chi connectivity index (χ4v) is 5.07. The number of rotatable bonds is 5. The number of fused-ring (bicyclic) bond motifs is 1. The minimum absolute atomic E-state index is 0.0844. The standard InChI is InChI=1S/C26H19FN2O5S/c1-33-17-9-6-14(7-10-17)23(30)21-22(15-4-3-5-18(12-15)34-2)29(25(32)24(21)31)26-28-19-11-8-16(27)13-20(19)35-26/h3-13,22,30H,1-2H3/t22-/m1/s1. The minimum atomic E-state index is -0.974. The van der Waals surface area contributed by atoms with E-state index in [1.54, 1.807) is 48.5 Å². The molecule has 0 radical (unpaired) electrons. The van der Waals surface area contributed by atoms with Crippen LogP contribution < -0.4 is 14.4 Å². The molecule has 3 aromatic carbocycles. The van der Waals surface area contributed by atoms with Crippen molar-refractivity contribution >= 4 is 44.1 Å². The quantitative estimate of drug-likeness (QED) is 0.239. The molecule has 0 unspecified atom stereocenters. The van der Waals surface area contributed by atoms with Crippen LogP contribution in [0, 0.1) is 5.82 Å². The van der Waals surface area contributed by atoms with Crippen molar-refractivity contribution in [3.8, 4) is 11.5 Å². The normalized spacial score (nSPS) is 17.2. The van der Waals surface area contributed by atoms with Gasteiger partial charge in [-0.1, -0.05) is 23.5 Å². The molecule has 4 aromatic rings. The Morgan fingerprint density at radius 3 is 2.46 bits per heavy atom. The number of aliphatic hydroxyl groups excluding tert-OH is 1. The molecule has 0 bridgehead atoms. The van der Waals surface area contributed by atoms with Crippen molar-refractivity contribution in [1.29, 1.82) is 0 Å². The Labute approximate surface area is 203 Å². The summed E-state index contributed by atoms with van der Waals surface area (Å²) in [4.78, 5) is 32.3. The van der Waals surface area contributed by atoms with E-state index in [-0.39, 0.29) is 16.5 Å². The molecule has 176 valence electrons. The third kappa shape index (κ3) is 3.89. The number of anilines is 1. The molecule has 7 nitrogen and oxygen atoms in total. The molecule has 1 aliphatic rings. The molecular weight excluding hydrogens is 471 g/mol. The molecule has 2 heterocycles. The summed E-state index contributed by atoms with van der Waals surface area (Å²) in [6.07, 6.45) is 0. The van der Waals surface area contributed by atoms with E-state index in [0.29, 0.717) is 32.8 Å². The van der Waals surface area contributed by atoms with E-state index in [1.807, 2.05) is 0 Å². The van der Waals surface area contributed by atoms with E-state index < -0.39 is 23.5 Å². The average molecular weight is 491 g/mol. The number of halogens is 1. The summed E-state index contributed by atoms with van der Waals surface area (Å²) in [5.74, 6) is -1.35. The molecule has 5 rings (SSSR count). The summed E-state index contributed by atoms with van der Waals surface area (Å²) >= 11 is 1.09. The lowest BCUT2D eigenvalue weighted by atomic mass is 9.95. The Morgan fingerprint density at radius 1 is 1.00 bits per heavy atom. The van der Waals surface area contributed by atoms with Gasteiger partial charge in [-0.2, -0.15) is 0 Å². The maximum absolute atomic E-state index is 13.8. The first-order chi connectivity index (χ1) is 16.9. The lowest BCUT2D eigenvalue weighted by Gasteiger charge is -2.23. The highest BCUT2D eigenvalue weighted by molar-refractivity contribution is 7.22. The predicted octanol–water partition coefficient (Wildman–Crippen LogP) is 5.08.